The zero-order chi connectivity index (χ0) is 17.6. The molecule has 3 aromatic rings. The molecule has 0 amide bonds. The molecule has 0 aromatic heterocycles. The summed E-state index contributed by atoms with van der Waals surface area (Å²) in [5.74, 6) is -0.186. The quantitative estimate of drug-likeness (QED) is 0.584. The summed E-state index contributed by atoms with van der Waals surface area (Å²) in [5.41, 5.74) is 2.23. The summed E-state index contributed by atoms with van der Waals surface area (Å²) < 4.78 is 8.46. The van der Waals surface area contributed by atoms with Crippen LogP contribution in [0.4, 0.5) is 0 Å². The zero-order valence-corrected chi connectivity index (χ0v) is 15.9. The van der Waals surface area contributed by atoms with Gasteiger partial charge >= 0.3 is 27.2 Å². The van der Waals surface area contributed by atoms with Gasteiger partial charge in [0.05, 0.1) is 5.56 Å². The number of rotatable bonds is 6. The van der Waals surface area contributed by atoms with Crippen LogP contribution in [0, 0.1) is 14.1 Å². The lowest BCUT2D eigenvalue weighted by Crippen LogP contribution is -3.61. The van der Waals surface area contributed by atoms with Crippen molar-refractivity contribution in [3.63, 3.8) is 0 Å². The van der Waals surface area contributed by atoms with Gasteiger partial charge in [-0.2, -0.15) is 0 Å². The first-order valence-corrected chi connectivity index (χ1v) is 10.0. The molecule has 0 aliphatic carbocycles. The molecule has 3 aromatic carbocycles. The lowest BCUT2D eigenvalue weighted by atomic mass is 10.1. The van der Waals surface area contributed by atoms with E-state index in [9.17, 15) is 9.90 Å². The van der Waals surface area contributed by atoms with Crippen LogP contribution in [0.1, 0.15) is 21.5 Å². The largest absolute Gasteiger partial charge is 0.489 e. The summed E-state index contributed by atoms with van der Waals surface area (Å²) in [6, 6.07) is 23.7. The summed E-state index contributed by atoms with van der Waals surface area (Å²) in [6.45, 7) is 2.34. The van der Waals surface area contributed by atoms with Crippen LogP contribution in [0.2, 0.25) is 0 Å². The highest BCUT2D eigenvalue weighted by atomic mass is 127. The van der Waals surface area contributed by atoms with Gasteiger partial charge in [0.2, 0.25) is 0 Å². The predicted octanol–water partition coefficient (Wildman–Crippen LogP) is 1.40. The van der Waals surface area contributed by atoms with E-state index < -0.39 is 5.97 Å². The van der Waals surface area contributed by atoms with Crippen molar-refractivity contribution in [2.24, 2.45) is 0 Å². The Labute approximate surface area is 157 Å². The standard InChI is InChI=1S/C21H17IO3/c1-15-6-8-17(9-7-15)22-18-10-12-19(13-11-18)25-14-16-4-2-3-5-20(16)21(23)24/h2-13H,14H2,1H3/p+1. The second-order valence-electron chi connectivity index (χ2n) is 5.59. The normalized spacial score (nSPS) is 10.4. The molecule has 0 saturated carbocycles. The Hall–Kier alpha value is -2.34. The van der Waals surface area contributed by atoms with Crippen LogP contribution < -0.4 is 25.9 Å². The fourth-order valence-electron chi connectivity index (χ4n) is 2.33. The Kier molecular flexibility index (Phi) is 5.71. The highest BCUT2D eigenvalue weighted by molar-refractivity contribution is 5.89. The molecule has 0 fully saturated rings. The second kappa shape index (κ2) is 8.16. The van der Waals surface area contributed by atoms with Crippen molar-refractivity contribution in [1.82, 2.24) is 0 Å². The molecule has 25 heavy (non-hydrogen) atoms. The number of carbonyl (C=O) groups is 1. The summed E-state index contributed by atoms with van der Waals surface area (Å²) in [6.07, 6.45) is 0. The first-order valence-electron chi connectivity index (χ1n) is 7.87. The predicted molar refractivity (Wildman–Crippen MR) is 92.7 cm³/mol. The van der Waals surface area contributed by atoms with E-state index >= 15 is 0 Å². The molecule has 0 radical (unpaired) electrons. The molecule has 3 nitrogen and oxygen atoms in total. The van der Waals surface area contributed by atoms with E-state index in [2.05, 4.69) is 43.3 Å². The van der Waals surface area contributed by atoms with Gasteiger partial charge in [-0.05, 0) is 49.4 Å². The van der Waals surface area contributed by atoms with Gasteiger partial charge in [0, 0.05) is 5.56 Å². The number of aromatic carboxylic acids is 1. The van der Waals surface area contributed by atoms with Crippen molar-refractivity contribution in [3.05, 3.63) is 96.6 Å². The van der Waals surface area contributed by atoms with Crippen molar-refractivity contribution < 1.29 is 35.8 Å². The smallest absolute Gasteiger partial charge is 0.357 e. The average molecular weight is 445 g/mol. The van der Waals surface area contributed by atoms with Gasteiger partial charge in [-0.15, -0.1) is 0 Å². The Morgan fingerprint density at radius 3 is 2.16 bits per heavy atom. The maximum Gasteiger partial charge on any atom is 0.357 e. The molecule has 1 N–H and O–H groups in total. The number of hydrogen-bond acceptors (Lipinski definition) is 2. The molecule has 0 heterocycles. The molecule has 0 aliphatic heterocycles. The number of halogens is 1. The van der Waals surface area contributed by atoms with Gasteiger partial charge in [0.1, 0.15) is 12.4 Å². The summed E-state index contributed by atoms with van der Waals surface area (Å²) >= 11 is -0.199. The van der Waals surface area contributed by atoms with Crippen LogP contribution in [-0.4, -0.2) is 11.1 Å². The molecule has 0 spiro atoms. The van der Waals surface area contributed by atoms with Crippen LogP contribution in [0.15, 0.2) is 72.8 Å². The maximum atomic E-state index is 11.2. The van der Waals surface area contributed by atoms with E-state index in [1.807, 2.05) is 18.2 Å². The van der Waals surface area contributed by atoms with E-state index in [4.69, 9.17) is 4.74 Å². The van der Waals surface area contributed by atoms with Crippen molar-refractivity contribution in [2.45, 2.75) is 13.5 Å². The van der Waals surface area contributed by atoms with Crippen LogP contribution in [0.3, 0.4) is 0 Å². The van der Waals surface area contributed by atoms with E-state index in [0.717, 1.165) is 5.75 Å². The lowest BCUT2D eigenvalue weighted by Gasteiger charge is -2.08. The Balaban J connectivity index is 1.63. The van der Waals surface area contributed by atoms with Crippen molar-refractivity contribution in [3.8, 4) is 5.75 Å². The van der Waals surface area contributed by atoms with E-state index in [-0.39, 0.29) is 33.4 Å². The highest BCUT2D eigenvalue weighted by Gasteiger charge is 2.15. The number of carboxylic acids is 1. The SMILES string of the molecule is Cc1ccc([I+]c2ccc(OCc3ccccc3C(=O)O)cc2)cc1. The van der Waals surface area contributed by atoms with Crippen molar-refractivity contribution >= 4 is 5.97 Å². The molecular weight excluding hydrogens is 427 g/mol. The minimum atomic E-state index is -0.933. The summed E-state index contributed by atoms with van der Waals surface area (Å²) in [4.78, 5) is 11.2. The Morgan fingerprint density at radius 2 is 1.52 bits per heavy atom. The van der Waals surface area contributed by atoms with Crippen LogP contribution in [0.25, 0.3) is 0 Å². The Morgan fingerprint density at radius 1 is 0.920 bits per heavy atom. The zero-order valence-electron chi connectivity index (χ0n) is 13.8. The highest BCUT2D eigenvalue weighted by Crippen LogP contribution is 2.14. The third-order valence-electron chi connectivity index (χ3n) is 3.68. The minimum Gasteiger partial charge on any atom is -0.489 e. The summed E-state index contributed by atoms with van der Waals surface area (Å²) in [5, 5.41) is 9.20. The van der Waals surface area contributed by atoms with Gasteiger partial charge in [0.25, 0.3) is 0 Å². The third-order valence-corrected chi connectivity index (χ3v) is 6.37. The first kappa shape index (κ1) is 17.5. The maximum absolute atomic E-state index is 11.2. The number of aryl methyl sites for hydroxylation is 1. The Bertz CT molecular complexity index is 855. The molecule has 0 bridgehead atoms. The number of carboxylic acid groups (broad SMARTS) is 1. The molecule has 0 saturated heterocycles. The first-order chi connectivity index (χ1) is 12.1. The molecule has 0 unspecified atom stereocenters. The molecule has 4 heteroatoms. The topological polar surface area (TPSA) is 46.5 Å². The number of hydrogen-bond donors (Lipinski definition) is 1. The molecular formula is C21H18IO3+. The van der Waals surface area contributed by atoms with Crippen LogP contribution in [0.5, 0.6) is 5.75 Å². The molecule has 0 aliphatic rings. The number of benzene rings is 3. The second-order valence-corrected chi connectivity index (χ2v) is 8.63. The van der Waals surface area contributed by atoms with Gasteiger partial charge in [0.15, 0.2) is 7.14 Å². The minimum absolute atomic E-state index is 0.199. The van der Waals surface area contributed by atoms with Gasteiger partial charge in [-0.25, -0.2) is 4.79 Å². The molecule has 0 atom stereocenters. The van der Waals surface area contributed by atoms with Crippen LogP contribution >= 0.6 is 0 Å². The van der Waals surface area contributed by atoms with Crippen molar-refractivity contribution in [2.75, 3.05) is 0 Å². The molecule has 126 valence electrons. The monoisotopic (exact) mass is 445 g/mol. The average Bonchev–Trinajstić information content (AvgIpc) is 2.63. The van der Waals surface area contributed by atoms with E-state index in [1.165, 1.54) is 12.7 Å². The lowest BCUT2D eigenvalue weighted by molar-refractivity contribution is -0.597. The van der Waals surface area contributed by atoms with E-state index in [0.29, 0.717) is 5.56 Å². The fourth-order valence-corrected chi connectivity index (χ4v) is 4.49. The number of ether oxygens (including phenoxy) is 1. The molecule has 3 rings (SSSR count). The van der Waals surface area contributed by atoms with Crippen LogP contribution in [-0.2, 0) is 6.61 Å². The van der Waals surface area contributed by atoms with Gasteiger partial charge in [-0.1, -0.05) is 35.9 Å². The van der Waals surface area contributed by atoms with Gasteiger partial charge in [-0.3, -0.25) is 0 Å². The van der Waals surface area contributed by atoms with Crippen molar-refractivity contribution in [1.29, 1.82) is 0 Å². The summed E-state index contributed by atoms with van der Waals surface area (Å²) in [7, 11) is 0. The van der Waals surface area contributed by atoms with E-state index in [1.54, 1.807) is 18.2 Å². The van der Waals surface area contributed by atoms with Gasteiger partial charge < -0.3 is 9.84 Å². The fraction of sp³-hybridized carbons (Fsp3) is 0.0952. The third kappa shape index (κ3) is 4.82.